The molecule has 0 saturated heterocycles. The summed E-state index contributed by atoms with van der Waals surface area (Å²) < 4.78 is 11.2. The third-order valence-electron chi connectivity index (χ3n) is 2.92. The van der Waals surface area contributed by atoms with Crippen molar-refractivity contribution in [1.82, 2.24) is 5.32 Å². The quantitative estimate of drug-likeness (QED) is 0.784. The Balaban J connectivity index is 2.10. The van der Waals surface area contributed by atoms with E-state index in [1.807, 2.05) is 18.2 Å². The van der Waals surface area contributed by atoms with E-state index in [4.69, 9.17) is 14.6 Å². The molecule has 0 spiro atoms. The van der Waals surface area contributed by atoms with E-state index < -0.39 is 6.04 Å². The first-order chi connectivity index (χ1) is 9.35. The van der Waals surface area contributed by atoms with Crippen LogP contribution in [0.3, 0.4) is 0 Å². The number of aliphatic hydroxyl groups is 1. The summed E-state index contributed by atoms with van der Waals surface area (Å²) in [6.45, 7) is 2.00. The van der Waals surface area contributed by atoms with E-state index in [-0.39, 0.29) is 6.61 Å². The van der Waals surface area contributed by atoms with E-state index in [0.717, 1.165) is 17.7 Å². The van der Waals surface area contributed by atoms with Gasteiger partial charge in [0.25, 0.3) is 0 Å². The molecule has 1 aromatic carbocycles. The molecule has 1 heterocycles. The summed E-state index contributed by atoms with van der Waals surface area (Å²) in [7, 11) is 0. The second-order valence-corrected chi connectivity index (χ2v) is 4.35. The highest BCUT2D eigenvalue weighted by molar-refractivity contribution is 5.45. The summed E-state index contributed by atoms with van der Waals surface area (Å²) in [5.74, 6) is 1.42. The molecule has 0 fully saturated rings. The molecule has 0 aliphatic carbocycles. The molecule has 2 N–H and O–H groups in total. The summed E-state index contributed by atoms with van der Waals surface area (Å²) in [6, 6.07) is 7.37. The maximum atomic E-state index is 9.19. The fourth-order valence-corrected chi connectivity index (χ4v) is 1.92. The Morgan fingerprint density at radius 1 is 1.32 bits per heavy atom. The fourth-order valence-electron chi connectivity index (χ4n) is 1.92. The van der Waals surface area contributed by atoms with Crippen LogP contribution in [-0.2, 0) is 0 Å². The monoisotopic (exact) mass is 262 g/mol. The van der Waals surface area contributed by atoms with Gasteiger partial charge >= 0.3 is 0 Å². The van der Waals surface area contributed by atoms with E-state index in [2.05, 4.69) is 11.4 Å². The molecule has 102 valence electrons. The van der Waals surface area contributed by atoms with Gasteiger partial charge in [-0.3, -0.25) is 5.32 Å². The third kappa shape index (κ3) is 3.60. The van der Waals surface area contributed by atoms with Crippen LogP contribution in [0, 0.1) is 11.3 Å². The summed E-state index contributed by atoms with van der Waals surface area (Å²) >= 11 is 0. The average molecular weight is 262 g/mol. The molecular weight excluding hydrogens is 244 g/mol. The lowest BCUT2D eigenvalue weighted by Crippen LogP contribution is -2.21. The van der Waals surface area contributed by atoms with Crippen molar-refractivity contribution >= 4 is 0 Å². The molecule has 1 unspecified atom stereocenters. The van der Waals surface area contributed by atoms with Gasteiger partial charge in [0.15, 0.2) is 11.5 Å². The lowest BCUT2D eigenvalue weighted by Gasteiger charge is -2.14. The van der Waals surface area contributed by atoms with Gasteiger partial charge in [0.05, 0.1) is 19.3 Å². The number of nitriles is 1. The Morgan fingerprint density at radius 3 is 2.84 bits per heavy atom. The number of nitrogens with one attached hydrogen (secondary N) is 1. The molecule has 0 aromatic heterocycles. The van der Waals surface area contributed by atoms with Crippen molar-refractivity contribution in [2.45, 2.75) is 18.9 Å². The smallest absolute Gasteiger partial charge is 0.161 e. The normalized spacial score (nSPS) is 15.4. The van der Waals surface area contributed by atoms with Crippen molar-refractivity contribution in [3.63, 3.8) is 0 Å². The average Bonchev–Trinajstić information content (AvgIpc) is 2.68. The van der Waals surface area contributed by atoms with Crippen LogP contribution in [0.25, 0.3) is 0 Å². The standard InChI is InChI=1S/C14H18N2O3/c15-10-12(16-5-1-6-17)11-3-4-13-14(9-11)19-8-2-7-18-13/h3-4,9,12,16-17H,1-2,5-8H2. The number of aliphatic hydroxyl groups excluding tert-OH is 1. The summed E-state index contributed by atoms with van der Waals surface area (Å²) in [4.78, 5) is 0. The van der Waals surface area contributed by atoms with Crippen LogP contribution in [0.1, 0.15) is 24.4 Å². The highest BCUT2D eigenvalue weighted by atomic mass is 16.5. The van der Waals surface area contributed by atoms with E-state index in [1.165, 1.54) is 0 Å². The van der Waals surface area contributed by atoms with Crippen molar-refractivity contribution in [3.05, 3.63) is 23.8 Å². The van der Waals surface area contributed by atoms with Crippen LogP contribution in [-0.4, -0.2) is 31.5 Å². The summed E-state index contributed by atoms with van der Waals surface area (Å²) in [6.07, 6.45) is 1.49. The van der Waals surface area contributed by atoms with Gasteiger partial charge in [0, 0.05) is 13.0 Å². The van der Waals surface area contributed by atoms with E-state index in [0.29, 0.717) is 31.9 Å². The van der Waals surface area contributed by atoms with Gasteiger partial charge < -0.3 is 14.6 Å². The van der Waals surface area contributed by atoms with Gasteiger partial charge in [-0.15, -0.1) is 0 Å². The number of hydrogen-bond acceptors (Lipinski definition) is 5. The highest BCUT2D eigenvalue weighted by Crippen LogP contribution is 2.32. The van der Waals surface area contributed by atoms with E-state index in [1.54, 1.807) is 0 Å². The molecule has 1 aliphatic heterocycles. The third-order valence-corrected chi connectivity index (χ3v) is 2.92. The highest BCUT2D eigenvalue weighted by Gasteiger charge is 2.15. The maximum absolute atomic E-state index is 9.19. The van der Waals surface area contributed by atoms with Gasteiger partial charge in [0.2, 0.25) is 0 Å². The zero-order chi connectivity index (χ0) is 13.5. The number of benzene rings is 1. The van der Waals surface area contributed by atoms with Crippen LogP contribution < -0.4 is 14.8 Å². The van der Waals surface area contributed by atoms with Gasteiger partial charge in [0.1, 0.15) is 6.04 Å². The minimum atomic E-state index is -0.399. The van der Waals surface area contributed by atoms with Gasteiger partial charge in [-0.05, 0) is 30.7 Å². The molecule has 0 bridgehead atoms. The molecule has 19 heavy (non-hydrogen) atoms. The molecule has 0 saturated carbocycles. The Kier molecular flexibility index (Phi) is 5.01. The van der Waals surface area contributed by atoms with Gasteiger partial charge in [-0.25, -0.2) is 0 Å². The zero-order valence-corrected chi connectivity index (χ0v) is 10.8. The topological polar surface area (TPSA) is 74.5 Å². The predicted octanol–water partition coefficient (Wildman–Crippen LogP) is 1.38. The molecule has 1 atom stereocenters. The largest absolute Gasteiger partial charge is 0.490 e. The van der Waals surface area contributed by atoms with Crippen molar-refractivity contribution in [2.75, 3.05) is 26.4 Å². The molecular formula is C14H18N2O3. The second-order valence-electron chi connectivity index (χ2n) is 4.35. The van der Waals surface area contributed by atoms with Crippen molar-refractivity contribution in [3.8, 4) is 17.6 Å². The van der Waals surface area contributed by atoms with Crippen LogP contribution >= 0.6 is 0 Å². The maximum Gasteiger partial charge on any atom is 0.161 e. The van der Waals surface area contributed by atoms with Gasteiger partial charge in [-0.2, -0.15) is 5.26 Å². The SMILES string of the molecule is N#CC(NCCCO)c1ccc2c(c1)OCCCO2. The summed E-state index contributed by atoms with van der Waals surface area (Å²) in [5, 5.41) is 21.0. The van der Waals surface area contributed by atoms with Crippen LogP contribution in [0.4, 0.5) is 0 Å². The number of rotatable bonds is 5. The Morgan fingerprint density at radius 2 is 2.11 bits per heavy atom. The van der Waals surface area contributed by atoms with Crippen molar-refractivity contribution < 1.29 is 14.6 Å². The number of ether oxygens (including phenoxy) is 2. The Hall–Kier alpha value is -1.77. The molecule has 1 aromatic rings. The van der Waals surface area contributed by atoms with Crippen molar-refractivity contribution in [2.24, 2.45) is 0 Å². The second kappa shape index (κ2) is 6.98. The molecule has 0 radical (unpaired) electrons. The fraction of sp³-hybridized carbons (Fsp3) is 0.500. The van der Waals surface area contributed by atoms with E-state index >= 15 is 0 Å². The Bertz CT molecular complexity index is 456. The zero-order valence-electron chi connectivity index (χ0n) is 10.8. The minimum Gasteiger partial charge on any atom is -0.490 e. The Labute approximate surface area is 112 Å². The van der Waals surface area contributed by atoms with E-state index in [9.17, 15) is 5.26 Å². The molecule has 5 nitrogen and oxygen atoms in total. The summed E-state index contributed by atoms with van der Waals surface area (Å²) in [5.41, 5.74) is 0.852. The molecule has 0 amide bonds. The predicted molar refractivity (Wildman–Crippen MR) is 70.1 cm³/mol. The first kappa shape index (κ1) is 13.7. The van der Waals surface area contributed by atoms with Crippen LogP contribution in [0.5, 0.6) is 11.5 Å². The first-order valence-electron chi connectivity index (χ1n) is 6.48. The lowest BCUT2D eigenvalue weighted by atomic mass is 10.1. The van der Waals surface area contributed by atoms with Gasteiger partial charge in [-0.1, -0.05) is 6.07 Å². The number of hydrogen-bond donors (Lipinski definition) is 2. The molecule has 1 aliphatic rings. The van der Waals surface area contributed by atoms with Crippen molar-refractivity contribution in [1.29, 1.82) is 5.26 Å². The lowest BCUT2D eigenvalue weighted by molar-refractivity contribution is 0.285. The molecule has 5 heteroatoms. The molecule has 2 rings (SSSR count). The van der Waals surface area contributed by atoms with Crippen LogP contribution in [0.15, 0.2) is 18.2 Å². The number of fused-ring (bicyclic) bond motifs is 1. The van der Waals surface area contributed by atoms with Crippen LogP contribution in [0.2, 0.25) is 0 Å². The first-order valence-corrected chi connectivity index (χ1v) is 6.48. The number of nitrogens with zero attached hydrogens (tertiary/aromatic N) is 1. The minimum absolute atomic E-state index is 0.117.